The Hall–Kier alpha value is -1.81. The summed E-state index contributed by atoms with van der Waals surface area (Å²) in [5.74, 6) is 4.82. The third kappa shape index (κ3) is 4.41. The normalized spacial score (nSPS) is 11.7. The number of rotatable bonds is 3. The summed E-state index contributed by atoms with van der Waals surface area (Å²) in [5, 5.41) is 2.77. The van der Waals surface area contributed by atoms with Gasteiger partial charge in [0.15, 0.2) is 0 Å². The van der Waals surface area contributed by atoms with Crippen molar-refractivity contribution in [3.8, 4) is 17.6 Å². The lowest BCUT2D eigenvalue weighted by Gasteiger charge is -2.20. The van der Waals surface area contributed by atoms with Gasteiger partial charge in [-0.3, -0.25) is 0 Å². The monoisotopic (exact) mass is 279 g/mol. The van der Waals surface area contributed by atoms with Gasteiger partial charge in [-0.1, -0.05) is 11.8 Å². The van der Waals surface area contributed by atoms with E-state index in [0.29, 0.717) is 12.1 Å². The van der Waals surface area contributed by atoms with Crippen LogP contribution in [0.2, 0.25) is 0 Å². The van der Waals surface area contributed by atoms with Crippen molar-refractivity contribution >= 4 is 0 Å². The van der Waals surface area contributed by atoms with E-state index in [1.807, 2.05) is 0 Å². The molecule has 0 saturated carbocycles. The van der Waals surface area contributed by atoms with Gasteiger partial charge in [0, 0.05) is 5.56 Å². The molecule has 0 radical (unpaired) electrons. The molecular weight excluding hydrogens is 269 g/mol. The van der Waals surface area contributed by atoms with E-state index in [9.17, 15) is 22.0 Å². The molecule has 2 nitrogen and oxygen atoms in total. The van der Waals surface area contributed by atoms with E-state index in [2.05, 4.69) is 21.9 Å². The van der Waals surface area contributed by atoms with Crippen molar-refractivity contribution in [2.24, 2.45) is 0 Å². The molecule has 1 N–H and O–H groups in total. The lowest BCUT2D eigenvalue weighted by molar-refractivity contribution is -0.360. The molecule has 1 aromatic rings. The van der Waals surface area contributed by atoms with Gasteiger partial charge in [-0.2, -0.15) is 22.0 Å². The van der Waals surface area contributed by atoms with Crippen molar-refractivity contribution in [1.29, 1.82) is 0 Å². The molecule has 7 heteroatoms. The minimum Gasteiger partial charge on any atom is -0.426 e. The van der Waals surface area contributed by atoms with E-state index in [-0.39, 0.29) is 0 Å². The zero-order valence-electron chi connectivity index (χ0n) is 9.81. The zero-order chi connectivity index (χ0) is 14.5. The second-order valence-electron chi connectivity index (χ2n) is 3.47. The Bertz CT molecular complexity index is 470. The van der Waals surface area contributed by atoms with Crippen LogP contribution in [0.1, 0.15) is 5.56 Å². The minimum atomic E-state index is -5.75. The van der Waals surface area contributed by atoms with Gasteiger partial charge in [0.05, 0.1) is 6.54 Å². The molecule has 0 unspecified atom stereocenters. The highest BCUT2D eigenvalue weighted by atomic mass is 19.4. The van der Waals surface area contributed by atoms with E-state index in [0.717, 1.165) is 12.1 Å². The Morgan fingerprint density at radius 1 is 1.11 bits per heavy atom. The van der Waals surface area contributed by atoms with E-state index in [1.165, 1.54) is 12.1 Å². The fourth-order valence-corrected chi connectivity index (χ4v) is 1.05. The molecule has 0 bridgehead atoms. The number of hydrogen-bond donors (Lipinski definition) is 1. The highest BCUT2D eigenvalue weighted by Crippen LogP contribution is 2.37. The molecule has 0 aromatic heterocycles. The Morgan fingerprint density at radius 2 is 1.68 bits per heavy atom. The summed E-state index contributed by atoms with van der Waals surface area (Å²) in [7, 11) is 1.70. The number of halogens is 5. The molecule has 0 aliphatic rings. The van der Waals surface area contributed by atoms with E-state index in [1.54, 1.807) is 7.05 Å². The molecule has 0 saturated heterocycles. The molecule has 0 amide bonds. The molecule has 1 rings (SSSR count). The number of alkyl halides is 5. The molecule has 0 heterocycles. The van der Waals surface area contributed by atoms with E-state index >= 15 is 0 Å². The molecular formula is C12H10F5NO. The van der Waals surface area contributed by atoms with Crippen molar-refractivity contribution in [2.45, 2.75) is 12.3 Å². The first-order valence-corrected chi connectivity index (χ1v) is 5.13. The molecule has 0 aliphatic carbocycles. The van der Waals surface area contributed by atoms with Gasteiger partial charge in [-0.15, -0.1) is 0 Å². The van der Waals surface area contributed by atoms with E-state index < -0.39 is 18.0 Å². The lowest BCUT2D eigenvalue weighted by atomic mass is 10.2. The average Bonchev–Trinajstić information content (AvgIpc) is 2.30. The summed E-state index contributed by atoms with van der Waals surface area (Å²) in [6.07, 6.45) is -11.0. The van der Waals surface area contributed by atoms with Gasteiger partial charge >= 0.3 is 12.3 Å². The van der Waals surface area contributed by atoms with E-state index in [4.69, 9.17) is 0 Å². The minimum absolute atomic E-state index is 0.435. The quantitative estimate of drug-likeness (QED) is 0.678. The molecule has 0 spiro atoms. The van der Waals surface area contributed by atoms with Gasteiger partial charge in [0.1, 0.15) is 5.75 Å². The molecule has 0 atom stereocenters. The topological polar surface area (TPSA) is 21.3 Å². The Morgan fingerprint density at radius 3 is 2.16 bits per heavy atom. The van der Waals surface area contributed by atoms with Crippen LogP contribution in [0.5, 0.6) is 5.75 Å². The van der Waals surface area contributed by atoms with Gasteiger partial charge in [0.2, 0.25) is 0 Å². The smallest absolute Gasteiger partial charge is 0.426 e. The molecule has 1 aromatic carbocycles. The third-order valence-corrected chi connectivity index (χ3v) is 1.93. The van der Waals surface area contributed by atoms with Crippen molar-refractivity contribution in [2.75, 3.05) is 13.6 Å². The predicted octanol–water partition coefficient (Wildman–Crippen LogP) is 2.79. The highest BCUT2D eigenvalue weighted by Gasteiger charge is 2.61. The van der Waals surface area contributed by atoms with Crippen molar-refractivity contribution < 1.29 is 26.7 Å². The summed E-state index contributed by atoms with van der Waals surface area (Å²) < 4.78 is 64.5. The maximum absolute atomic E-state index is 12.6. The largest absolute Gasteiger partial charge is 0.499 e. The van der Waals surface area contributed by atoms with Crippen LogP contribution in [0.25, 0.3) is 0 Å². The van der Waals surface area contributed by atoms with Crippen LogP contribution in [-0.2, 0) is 0 Å². The van der Waals surface area contributed by atoms with Crippen LogP contribution in [0.15, 0.2) is 24.3 Å². The second-order valence-corrected chi connectivity index (χ2v) is 3.47. The first kappa shape index (κ1) is 15.2. The Kier molecular flexibility index (Phi) is 4.72. The number of ether oxygens (including phenoxy) is 1. The Labute approximate surface area is 106 Å². The van der Waals surface area contributed by atoms with Crippen LogP contribution in [0.3, 0.4) is 0 Å². The van der Waals surface area contributed by atoms with Crippen LogP contribution < -0.4 is 10.1 Å². The lowest BCUT2D eigenvalue weighted by Crippen LogP contribution is -2.41. The van der Waals surface area contributed by atoms with Crippen molar-refractivity contribution in [3.05, 3.63) is 29.8 Å². The second kappa shape index (κ2) is 5.89. The summed E-state index contributed by atoms with van der Waals surface area (Å²) >= 11 is 0. The summed E-state index contributed by atoms with van der Waals surface area (Å²) in [6.45, 7) is 0.435. The third-order valence-electron chi connectivity index (χ3n) is 1.93. The van der Waals surface area contributed by atoms with Crippen LogP contribution in [0.4, 0.5) is 22.0 Å². The fraction of sp³-hybridized carbons (Fsp3) is 0.333. The fourth-order valence-electron chi connectivity index (χ4n) is 1.05. The first-order valence-electron chi connectivity index (χ1n) is 5.13. The first-order chi connectivity index (χ1) is 8.76. The van der Waals surface area contributed by atoms with Gasteiger partial charge in [0.25, 0.3) is 0 Å². The molecule has 0 aliphatic heterocycles. The SMILES string of the molecule is CNCC#Cc1ccc(OC(F)(F)C(F)(F)F)cc1. The van der Waals surface area contributed by atoms with Gasteiger partial charge < -0.3 is 10.1 Å². The zero-order valence-corrected chi connectivity index (χ0v) is 9.81. The Balaban J connectivity index is 2.76. The number of benzene rings is 1. The van der Waals surface area contributed by atoms with Gasteiger partial charge in [-0.05, 0) is 31.3 Å². The summed E-state index contributed by atoms with van der Waals surface area (Å²) in [5.41, 5.74) is 0.484. The van der Waals surface area contributed by atoms with Crippen molar-refractivity contribution in [1.82, 2.24) is 5.32 Å². The average molecular weight is 279 g/mol. The number of hydrogen-bond acceptors (Lipinski definition) is 2. The maximum Gasteiger partial charge on any atom is 0.499 e. The molecule has 19 heavy (non-hydrogen) atoms. The summed E-state index contributed by atoms with van der Waals surface area (Å²) in [4.78, 5) is 0. The van der Waals surface area contributed by atoms with Crippen LogP contribution in [0, 0.1) is 11.8 Å². The summed E-state index contributed by atoms with van der Waals surface area (Å²) in [6, 6.07) is 4.60. The molecule has 104 valence electrons. The van der Waals surface area contributed by atoms with Crippen molar-refractivity contribution in [3.63, 3.8) is 0 Å². The van der Waals surface area contributed by atoms with Gasteiger partial charge in [-0.25, -0.2) is 0 Å². The standard InChI is InChI=1S/C12H10F5NO/c1-18-8-2-3-9-4-6-10(7-5-9)19-12(16,17)11(13,14)15/h4-7,18H,8H2,1H3. The maximum atomic E-state index is 12.6. The van der Waals surface area contributed by atoms with Crippen LogP contribution in [-0.4, -0.2) is 25.9 Å². The number of nitrogens with one attached hydrogen (secondary N) is 1. The predicted molar refractivity (Wildman–Crippen MR) is 58.9 cm³/mol. The van der Waals surface area contributed by atoms with Crippen LogP contribution >= 0.6 is 0 Å². The molecule has 0 fully saturated rings. The highest BCUT2D eigenvalue weighted by molar-refractivity contribution is 5.38.